The number of carbonyl (C=O) groups excluding carboxylic acids is 1. The second-order valence-corrected chi connectivity index (χ2v) is 6.81. The number of aromatic nitrogens is 2. The third-order valence-corrected chi connectivity index (χ3v) is 4.50. The molecule has 1 aromatic carbocycles. The van der Waals surface area contributed by atoms with Crippen molar-refractivity contribution in [2.45, 2.75) is 39.1 Å². The first kappa shape index (κ1) is 20.8. The molecule has 1 aliphatic rings. The van der Waals surface area contributed by atoms with Crippen molar-refractivity contribution < 1.29 is 27.1 Å². The first-order valence-electron chi connectivity index (χ1n) is 9.04. The number of nitrogens with one attached hydrogen (secondary N) is 1. The smallest absolute Gasteiger partial charge is 0.403 e. The maximum Gasteiger partial charge on any atom is 0.573 e. The Hall–Kier alpha value is -2.91. The van der Waals surface area contributed by atoms with Crippen LogP contribution in [0.3, 0.4) is 0 Å². The van der Waals surface area contributed by atoms with Crippen LogP contribution in [0.2, 0.25) is 0 Å². The lowest BCUT2D eigenvalue weighted by molar-refractivity contribution is -0.275. The predicted octanol–water partition coefficient (Wildman–Crippen LogP) is 3.59. The first-order chi connectivity index (χ1) is 13.6. The summed E-state index contributed by atoms with van der Waals surface area (Å²) < 4.78 is 54.7. The largest absolute Gasteiger partial charge is 0.573 e. The number of rotatable bonds is 4. The molecule has 2 aromatic rings. The van der Waals surface area contributed by atoms with Gasteiger partial charge in [0.2, 0.25) is 5.91 Å². The van der Waals surface area contributed by atoms with Gasteiger partial charge in [-0.2, -0.15) is 0 Å². The van der Waals surface area contributed by atoms with E-state index in [2.05, 4.69) is 20.0 Å². The van der Waals surface area contributed by atoms with Crippen LogP contribution < -0.4 is 15.0 Å². The van der Waals surface area contributed by atoms with Crippen LogP contribution in [-0.4, -0.2) is 41.4 Å². The minimum atomic E-state index is -4.97. The lowest BCUT2D eigenvalue weighted by Crippen LogP contribution is -2.44. The summed E-state index contributed by atoms with van der Waals surface area (Å²) >= 11 is 0. The van der Waals surface area contributed by atoms with Crippen molar-refractivity contribution in [1.82, 2.24) is 15.3 Å². The highest BCUT2D eigenvalue weighted by atomic mass is 19.4. The van der Waals surface area contributed by atoms with Gasteiger partial charge in [0.05, 0.1) is 5.69 Å². The summed E-state index contributed by atoms with van der Waals surface area (Å²) in [6.07, 6.45) is -3.45. The number of hydrogen-bond donors (Lipinski definition) is 1. The minimum Gasteiger partial charge on any atom is -0.403 e. The maximum absolute atomic E-state index is 14.1. The fraction of sp³-hybridized carbons (Fsp3) is 0.421. The number of piperidine rings is 1. The van der Waals surface area contributed by atoms with E-state index in [1.165, 1.54) is 13.0 Å². The number of benzene rings is 1. The molecule has 1 N–H and O–H groups in total. The lowest BCUT2D eigenvalue weighted by Gasteiger charge is -2.33. The van der Waals surface area contributed by atoms with Crippen molar-refractivity contribution >= 4 is 11.7 Å². The predicted molar refractivity (Wildman–Crippen MR) is 97.9 cm³/mol. The molecule has 156 valence electrons. The second kappa shape index (κ2) is 8.22. The van der Waals surface area contributed by atoms with Gasteiger partial charge in [-0.25, -0.2) is 14.4 Å². The Labute approximate surface area is 164 Å². The van der Waals surface area contributed by atoms with Gasteiger partial charge in [-0.05, 0) is 38.0 Å². The Morgan fingerprint density at radius 2 is 1.90 bits per heavy atom. The van der Waals surface area contributed by atoms with Gasteiger partial charge in [-0.1, -0.05) is 0 Å². The molecule has 1 amide bonds. The Kier molecular flexibility index (Phi) is 5.90. The van der Waals surface area contributed by atoms with Crippen molar-refractivity contribution in [2.75, 3.05) is 18.0 Å². The molecule has 0 saturated carbocycles. The Balaban J connectivity index is 1.79. The zero-order valence-electron chi connectivity index (χ0n) is 15.9. The van der Waals surface area contributed by atoms with E-state index in [9.17, 15) is 22.4 Å². The fourth-order valence-electron chi connectivity index (χ4n) is 3.27. The molecule has 6 nitrogen and oxygen atoms in total. The van der Waals surface area contributed by atoms with Gasteiger partial charge in [0.15, 0.2) is 11.6 Å². The van der Waals surface area contributed by atoms with Gasteiger partial charge in [0, 0.05) is 37.7 Å². The molecule has 2 heterocycles. The van der Waals surface area contributed by atoms with E-state index >= 15 is 0 Å². The van der Waals surface area contributed by atoms with E-state index in [0.29, 0.717) is 36.0 Å². The summed E-state index contributed by atoms with van der Waals surface area (Å²) in [5.74, 6) is -0.994. The van der Waals surface area contributed by atoms with Crippen molar-refractivity contribution in [3.63, 3.8) is 0 Å². The van der Waals surface area contributed by atoms with Gasteiger partial charge >= 0.3 is 6.36 Å². The van der Waals surface area contributed by atoms with Crippen molar-refractivity contribution in [3.05, 3.63) is 35.9 Å². The summed E-state index contributed by atoms with van der Waals surface area (Å²) in [6, 6.07) is 4.98. The average molecular weight is 412 g/mol. The van der Waals surface area contributed by atoms with Crippen molar-refractivity contribution in [3.8, 4) is 17.0 Å². The van der Waals surface area contributed by atoms with E-state index in [-0.39, 0.29) is 11.9 Å². The van der Waals surface area contributed by atoms with Crippen LogP contribution in [0.5, 0.6) is 5.75 Å². The Morgan fingerprint density at radius 3 is 2.48 bits per heavy atom. The second-order valence-electron chi connectivity index (χ2n) is 6.81. The van der Waals surface area contributed by atoms with Crippen LogP contribution in [-0.2, 0) is 4.79 Å². The third-order valence-electron chi connectivity index (χ3n) is 4.50. The van der Waals surface area contributed by atoms with E-state index in [1.54, 1.807) is 13.0 Å². The number of halogens is 4. The molecule has 0 radical (unpaired) electrons. The molecule has 0 unspecified atom stereocenters. The van der Waals surface area contributed by atoms with Crippen LogP contribution in [0.25, 0.3) is 11.3 Å². The molecule has 1 saturated heterocycles. The van der Waals surface area contributed by atoms with E-state index in [1.807, 2.05) is 4.90 Å². The number of anilines is 1. The van der Waals surface area contributed by atoms with Crippen LogP contribution in [0.1, 0.15) is 25.6 Å². The molecule has 3 rings (SSSR count). The van der Waals surface area contributed by atoms with E-state index < -0.39 is 17.9 Å². The number of hydrogen-bond acceptors (Lipinski definition) is 5. The Morgan fingerprint density at radius 1 is 1.21 bits per heavy atom. The van der Waals surface area contributed by atoms with Gasteiger partial charge in [-0.3, -0.25) is 4.79 Å². The molecule has 0 bridgehead atoms. The molecule has 1 aromatic heterocycles. The zero-order valence-corrected chi connectivity index (χ0v) is 15.9. The highest BCUT2D eigenvalue weighted by Gasteiger charge is 2.32. The third kappa shape index (κ3) is 5.55. The molecular weight excluding hydrogens is 392 g/mol. The molecule has 29 heavy (non-hydrogen) atoms. The quantitative estimate of drug-likeness (QED) is 0.778. The summed E-state index contributed by atoms with van der Waals surface area (Å²) in [6.45, 7) is 4.52. The van der Waals surface area contributed by atoms with Gasteiger partial charge in [0.25, 0.3) is 0 Å². The number of alkyl halides is 3. The minimum absolute atomic E-state index is 0.0661. The normalized spacial score (nSPS) is 15.3. The highest BCUT2D eigenvalue weighted by molar-refractivity contribution is 5.73. The number of aryl methyl sites for hydroxylation is 1. The topological polar surface area (TPSA) is 67.4 Å². The summed E-state index contributed by atoms with van der Waals surface area (Å²) in [5, 5.41) is 2.90. The summed E-state index contributed by atoms with van der Waals surface area (Å²) in [7, 11) is 0. The number of nitrogens with zero attached hydrogens (tertiary/aromatic N) is 3. The number of amides is 1. The van der Waals surface area contributed by atoms with Crippen molar-refractivity contribution in [1.29, 1.82) is 0 Å². The molecule has 0 spiro atoms. The van der Waals surface area contributed by atoms with Crippen LogP contribution in [0, 0.1) is 12.7 Å². The molecule has 10 heteroatoms. The molecule has 1 aliphatic heterocycles. The van der Waals surface area contributed by atoms with Crippen LogP contribution >= 0.6 is 0 Å². The molecule has 0 atom stereocenters. The Bertz CT molecular complexity index is 896. The number of ether oxygens (including phenoxy) is 1. The average Bonchev–Trinajstić information content (AvgIpc) is 2.62. The molecule has 0 aliphatic carbocycles. The summed E-state index contributed by atoms with van der Waals surface area (Å²) in [5.41, 5.74) is 0.714. The SMILES string of the molecule is CC(=O)NC1CCN(c2cc(-c3ccc(OC(F)(F)F)c(F)c3)nc(C)n2)CC1. The van der Waals surface area contributed by atoms with Crippen molar-refractivity contribution in [2.24, 2.45) is 0 Å². The van der Waals surface area contributed by atoms with Crippen LogP contribution in [0.4, 0.5) is 23.4 Å². The lowest BCUT2D eigenvalue weighted by atomic mass is 10.0. The summed E-state index contributed by atoms with van der Waals surface area (Å²) in [4.78, 5) is 21.9. The molecule has 1 fully saturated rings. The van der Waals surface area contributed by atoms with Gasteiger partial charge in [-0.15, -0.1) is 13.2 Å². The van der Waals surface area contributed by atoms with Gasteiger partial charge in [0.1, 0.15) is 11.6 Å². The zero-order chi connectivity index (χ0) is 21.2. The number of carbonyl (C=O) groups is 1. The van der Waals surface area contributed by atoms with E-state index in [0.717, 1.165) is 25.0 Å². The fourth-order valence-corrected chi connectivity index (χ4v) is 3.27. The first-order valence-corrected chi connectivity index (χ1v) is 9.04. The standard InChI is InChI=1S/C19H20F4N4O2/c1-11-24-16(13-3-4-17(15(20)9-13)29-19(21,22)23)10-18(25-11)27-7-5-14(6-8-27)26-12(2)28/h3-4,9-10,14H,5-8H2,1-2H3,(H,26,28). The highest BCUT2D eigenvalue weighted by Crippen LogP contribution is 2.30. The van der Waals surface area contributed by atoms with E-state index in [4.69, 9.17) is 0 Å². The maximum atomic E-state index is 14.1. The molecular formula is C19H20F4N4O2. The van der Waals surface area contributed by atoms with Crippen LogP contribution in [0.15, 0.2) is 24.3 Å². The van der Waals surface area contributed by atoms with Gasteiger partial charge < -0.3 is 15.0 Å². The monoisotopic (exact) mass is 412 g/mol.